The number of aryl methyl sites for hydroxylation is 1. The van der Waals surface area contributed by atoms with Gasteiger partial charge in [0.15, 0.2) is 0 Å². The molecule has 0 bridgehead atoms. The normalized spacial score (nSPS) is 15.4. The smallest absolute Gasteiger partial charge is 0.243 e. The van der Waals surface area contributed by atoms with Crippen LogP contribution in [-0.2, 0) is 21.2 Å². The Morgan fingerprint density at radius 3 is 2.29 bits per heavy atom. The molecule has 2 aromatic rings. The quantitative estimate of drug-likeness (QED) is 0.620. The van der Waals surface area contributed by atoms with E-state index in [9.17, 15) is 13.2 Å². The molecule has 0 aliphatic carbocycles. The summed E-state index contributed by atoms with van der Waals surface area (Å²) < 4.78 is 27.1. The van der Waals surface area contributed by atoms with Gasteiger partial charge in [-0.1, -0.05) is 31.9 Å². The molecule has 0 unspecified atom stereocenters. The number of carbonyl (C=O) groups excluding carboxylic acids is 1. The van der Waals surface area contributed by atoms with Gasteiger partial charge >= 0.3 is 0 Å². The molecule has 1 aliphatic rings. The molecule has 1 amide bonds. The second-order valence-corrected chi connectivity index (χ2v) is 9.90. The predicted octanol–water partition coefficient (Wildman–Crippen LogP) is 4.33. The zero-order valence-corrected chi connectivity index (χ0v) is 18.7. The number of hydrogen-bond donors (Lipinski definition) is 1. The van der Waals surface area contributed by atoms with Crippen molar-refractivity contribution in [2.75, 3.05) is 18.4 Å². The molecular weight excluding hydrogens is 410 g/mol. The summed E-state index contributed by atoms with van der Waals surface area (Å²) in [5.41, 5.74) is 2.47. The average molecular weight is 440 g/mol. The predicted molar refractivity (Wildman–Crippen MR) is 121 cm³/mol. The van der Waals surface area contributed by atoms with E-state index in [0.717, 1.165) is 12.1 Å². The summed E-state index contributed by atoms with van der Waals surface area (Å²) in [5.74, 6) is -0.272. The summed E-state index contributed by atoms with van der Waals surface area (Å²) >= 11 is 0. The number of benzene rings is 2. The zero-order chi connectivity index (χ0) is 22.3. The van der Waals surface area contributed by atoms with Crippen LogP contribution in [0.1, 0.15) is 50.2 Å². The average Bonchev–Trinajstić information content (AvgIpc) is 2.80. The molecule has 7 heteroatoms. The molecule has 0 atom stereocenters. The van der Waals surface area contributed by atoms with Crippen molar-refractivity contribution < 1.29 is 13.2 Å². The van der Waals surface area contributed by atoms with E-state index in [1.807, 2.05) is 18.2 Å². The van der Waals surface area contributed by atoms with E-state index in [1.165, 1.54) is 53.4 Å². The second kappa shape index (κ2) is 10.6. The van der Waals surface area contributed by atoms with Crippen LogP contribution >= 0.6 is 0 Å². The fourth-order valence-corrected chi connectivity index (χ4v) is 5.26. The van der Waals surface area contributed by atoms with Gasteiger partial charge in [-0.15, -0.1) is 0 Å². The van der Waals surface area contributed by atoms with Crippen molar-refractivity contribution in [3.63, 3.8) is 0 Å². The number of carbonyl (C=O) groups is 1. The fourth-order valence-electron chi connectivity index (χ4n) is 3.79. The van der Waals surface area contributed by atoms with Crippen LogP contribution in [-0.4, -0.2) is 31.7 Å². The summed E-state index contributed by atoms with van der Waals surface area (Å²) in [6.45, 7) is 2.79. The number of anilines is 1. The highest BCUT2D eigenvalue weighted by Gasteiger charge is 2.32. The first kappa shape index (κ1) is 23.0. The number of piperidine rings is 1. The lowest BCUT2D eigenvalue weighted by molar-refractivity contribution is -0.120. The molecule has 1 heterocycles. The van der Waals surface area contributed by atoms with Gasteiger partial charge in [-0.25, -0.2) is 8.42 Å². The molecule has 2 aromatic carbocycles. The van der Waals surface area contributed by atoms with Crippen molar-refractivity contribution in [3.05, 3.63) is 59.7 Å². The van der Waals surface area contributed by atoms with Crippen LogP contribution in [0.4, 0.5) is 5.69 Å². The van der Waals surface area contributed by atoms with Crippen molar-refractivity contribution in [3.8, 4) is 6.07 Å². The summed E-state index contributed by atoms with van der Waals surface area (Å²) in [4.78, 5) is 12.8. The second-order valence-electron chi connectivity index (χ2n) is 7.96. The highest BCUT2D eigenvalue weighted by atomic mass is 32.2. The minimum absolute atomic E-state index is 0.0610. The molecule has 1 N–H and O–H groups in total. The number of nitrogens with zero attached hydrogens (tertiary/aromatic N) is 2. The molecular formula is C24H29N3O3S. The summed E-state index contributed by atoms with van der Waals surface area (Å²) in [6.07, 6.45) is 5.60. The summed E-state index contributed by atoms with van der Waals surface area (Å²) in [5, 5.41) is 11.8. The maximum absolute atomic E-state index is 12.8. The van der Waals surface area contributed by atoms with Gasteiger partial charge in [-0.05, 0) is 67.6 Å². The van der Waals surface area contributed by atoms with Gasteiger partial charge in [0.2, 0.25) is 15.9 Å². The van der Waals surface area contributed by atoms with Crippen LogP contribution in [0.15, 0.2) is 53.4 Å². The minimum Gasteiger partial charge on any atom is -0.326 e. The van der Waals surface area contributed by atoms with Gasteiger partial charge in [0.25, 0.3) is 0 Å². The van der Waals surface area contributed by atoms with Crippen molar-refractivity contribution in [1.82, 2.24) is 4.31 Å². The lowest BCUT2D eigenvalue weighted by Crippen LogP contribution is -2.41. The first-order chi connectivity index (χ1) is 14.9. The maximum atomic E-state index is 12.8. The molecule has 1 fully saturated rings. The number of nitrogens with one attached hydrogen (secondary N) is 1. The number of unbranched alkanes of at least 4 members (excludes halogenated alkanes) is 2. The SMILES string of the molecule is CCCCCc1ccc(NC(=O)C2CCN(S(=O)(=O)c3ccc(C#N)cc3)CC2)cc1. The van der Waals surface area contributed by atoms with Crippen LogP contribution in [0.2, 0.25) is 0 Å². The van der Waals surface area contributed by atoms with Gasteiger partial charge < -0.3 is 5.32 Å². The summed E-state index contributed by atoms with van der Waals surface area (Å²) in [7, 11) is -3.62. The standard InChI is InChI=1S/C24H29N3O3S/c1-2-3-4-5-19-6-10-22(11-7-19)26-24(28)21-14-16-27(17-15-21)31(29,30)23-12-8-20(18-25)9-13-23/h6-13,21H,2-5,14-17H2,1H3,(H,26,28). The number of hydrogen-bond acceptors (Lipinski definition) is 4. The largest absolute Gasteiger partial charge is 0.326 e. The van der Waals surface area contributed by atoms with Gasteiger partial charge in [0.1, 0.15) is 0 Å². The molecule has 31 heavy (non-hydrogen) atoms. The number of amides is 1. The van der Waals surface area contributed by atoms with Gasteiger partial charge in [0.05, 0.1) is 16.5 Å². The third-order valence-electron chi connectivity index (χ3n) is 5.74. The molecule has 0 aromatic heterocycles. The third kappa shape index (κ3) is 5.93. The highest BCUT2D eigenvalue weighted by Crippen LogP contribution is 2.25. The minimum atomic E-state index is -3.62. The molecule has 0 spiro atoms. The van der Waals surface area contributed by atoms with Crippen LogP contribution in [0.3, 0.4) is 0 Å². The Morgan fingerprint density at radius 2 is 1.71 bits per heavy atom. The van der Waals surface area contributed by atoms with Crippen molar-refractivity contribution in [1.29, 1.82) is 5.26 Å². The molecule has 3 rings (SSSR count). The molecule has 0 radical (unpaired) electrons. The lowest BCUT2D eigenvalue weighted by Gasteiger charge is -2.30. The Balaban J connectivity index is 1.53. The Bertz CT molecular complexity index is 1020. The topological polar surface area (TPSA) is 90.3 Å². The monoisotopic (exact) mass is 439 g/mol. The van der Waals surface area contributed by atoms with E-state index >= 15 is 0 Å². The lowest BCUT2D eigenvalue weighted by atomic mass is 9.97. The van der Waals surface area contributed by atoms with Crippen molar-refractivity contribution >= 4 is 21.6 Å². The van der Waals surface area contributed by atoms with E-state index < -0.39 is 10.0 Å². The van der Waals surface area contributed by atoms with E-state index in [1.54, 1.807) is 0 Å². The Morgan fingerprint density at radius 1 is 1.06 bits per heavy atom. The molecule has 6 nitrogen and oxygen atoms in total. The Kier molecular flexibility index (Phi) is 7.83. The van der Waals surface area contributed by atoms with Crippen LogP contribution in [0, 0.1) is 17.2 Å². The zero-order valence-electron chi connectivity index (χ0n) is 17.9. The van der Waals surface area contributed by atoms with Crippen molar-refractivity contribution in [2.24, 2.45) is 5.92 Å². The number of rotatable bonds is 8. The van der Waals surface area contributed by atoms with Gasteiger partial charge in [-0.3, -0.25) is 4.79 Å². The number of nitriles is 1. The molecule has 1 aliphatic heterocycles. The molecule has 1 saturated heterocycles. The molecule has 0 saturated carbocycles. The van der Waals surface area contributed by atoms with Crippen molar-refractivity contribution in [2.45, 2.75) is 50.3 Å². The summed E-state index contributed by atoms with van der Waals surface area (Å²) in [6, 6.07) is 15.9. The third-order valence-corrected chi connectivity index (χ3v) is 7.65. The Labute approximate surface area is 184 Å². The van der Waals surface area contributed by atoms with E-state index in [0.29, 0.717) is 31.5 Å². The maximum Gasteiger partial charge on any atom is 0.243 e. The van der Waals surface area contributed by atoms with Crippen LogP contribution < -0.4 is 5.32 Å². The van der Waals surface area contributed by atoms with Crippen LogP contribution in [0.25, 0.3) is 0 Å². The van der Waals surface area contributed by atoms with Gasteiger partial charge in [-0.2, -0.15) is 9.57 Å². The van der Waals surface area contributed by atoms with E-state index in [2.05, 4.69) is 24.4 Å². The van der Waals surface area contributed by atoms with Crippen LogP contribution in [0.5, 0.6) is 0 Å². The fraction of sp³-hybridized carbons (Fsp3) is 0.417. The van der Waals surface area contributed by atoms with E-state index in [-0.39, 0.29) is 16.7 Å². The first-order valence-electron chi connectivity index (χ1n) is 10.8. The van der Waals surface area contributed by atoms with E-state index in [4.69, 9.17) is 5.26 Å². The Hall–Kier alpha value is -2.69. The van der Waals surface area contributed by atoms with Gasteiger partial charge in [0, 0.05) is 24.7 Å². The highest BCUT2D eigenvalue weighted by molar-refractivity contribution is 7.89. The number of sulfonamides is 1. The first-order valence-corrected chi connectivity index (χ1v) is 12.3. The molecule has 164 valence electrons.